The number of carbonyl (C=O) groups excluding carboxylic acids is 1. The van der Waals surface area contributed by atoms with Gasteiger partial charge in [-0.2, -0.15) is 0 Å². The number of carbonyl (C=O) groups is 2. The van der Waals surface area contributed by atoms with Crippen LogP contribution >= 0.6 is 15.9 Å². The average Bonchev–Trinajstić information content (AvgIpc) is 2.26. The van der Waals surface area contributed by atoms with E-state index in [4.69, 9.17) is 0 Å². The molecule has 0 unspecified atom stereocenters. The molecule has 0 heterocycles. The Morgan fingerprint density at radius 1 is 1.20 bits per heavy atom. The Kier molecular flexibility index (Phi) is 4.59. The maximum atomic E-state index is 13.3. The van der Waals surface area contributed by atoms with Gasteiger partial charge in [-0.3, -0.25) is 9.59 Å². The van der Waals surface area contributed by atoms with Crippen LogP contribution in [-0.4, -0.2) is 22.5 Å². The first-order valence-corrected chi connectivity index (χ1v) is 6.78. The summed E-state index contributed by atoms with van der Waals surface area (Å²) in [7, 11) is 0. The van der Waals surface area contributed by atoms with Gasteiger partial charge in [0.1, 0.15) is 5.82 Å². The zero-order chi connectivity index (χ0) is 15.7. The summed E-state index contributed by atoms with van der Waals surface area (Å²) in [5.41, 5.74) is -2.05. The van der Waals surface area contributed by atoms with Gasteiger partial charge in [0.15, 0.2) is 0 Å². The van der Waals surface area contributed by atoms with E-state index in [0.717, 1.165) is 6.07 Å². The molecule has 1 rings (SSSR count). The number of rotatable bonds is 4. The van der Waals surface area contributed by atoms with Gasteiger partial charge in [0.05, 0.1) is 11.0 Å². The van der Waals surface area contributed by atoms with Crippen LogP contribution in [0.4, 0.5) is 4.39 Å². The number of hydrogen-bond donors (Lipinski definition) is 2. The molecule has 0 aliphatic heterocycles. The van der Waals surface area contributed by atoms with E-state index >= 15 is 0 Å². The largest absolute Gasteiger partial charge is 0.481 e. The normalized spacial score (nSPS) is 12.1. The van der Waals surface area contributed by atoms with E-state index in [-0.39, 0.29) is 5.56 Å². The van der Waals surface area contributed by atoms with Crippen LogP contribution in [0.25, 0.3) is 0 Å². The SMILES string of the molecule is CC(C)(NC(=O)c1cc(F)cc(Br)c1)C(C)(C)C(=O)O. The molecule has 0 fully saturated rings. The van der Waals surface area contributed by atoms with Crippen LogP contribution in [0.15, 0.2) is 22.7 Å². The summed E-state index contributed by atoms with van der Waals surface area (Å²) in [6.07, 6.45) is 0. The van der Waals surface area contributed by atoms with Crippen molar-refractivity contribution in [3.63, 3.8) is 0 Å². The third-order valence-corrected chi connectivity index (χ3v) is 4.11. The lowest BCUT2D eigenvalue weighted by atomic mass is 9.74. The van der Waals surface area contributed by atoms with E-state index in [1.165, 1.54) is 26.0 Å². The van der Waals surface area contributed by atoms with Crippen molar-refractivity contribution in [3.05, 3.63) is 34.1 Å². The van der Waals surface area contributed by atoms with Crippen molar-refractivity contribution in [1.29, 1.82) is 0 Å². The topological polar surface area (TPSA) is 66.4 Å². The lowest BCUT2D eigenvalue weighted by Crippen LogP contribution is -2.56. The molecule has 1 aromatic rings. The Morgan fingerprint density at radius 2 is 1.75 bits per heavy atom. The summed E-state index contributed by atoms with van der Waals surface area (Å²) in [4.78, 5) is 23.4. The average molecular weight is 346 g/mol. The van der Waals surface area contributed by atoms with E-state index in [1.807, 2.05) is 0 Å². The molecule has 0 bridgehead atoms. The number of halogens is 2. The van der Waals surface area contributed by atoms with Gasteiger partial charge in [0.2, 0.25) is 0 Å². The molecule has 0 aliphatic carbocycles. The summed E-state index contributed by atoms with van der Waals surface area (Å²) in [5.74, 6) is -2.09. The Balaban J connectivity index is 3.03. The van der Waals surface area contributed by atoms with Gasteiger partial charge in [-0.15, -0.1) is 0 Å². The molecule has 0 saturated carbocycles. The summed E-state index contributed by atoms with van der Waals surface area (Å²) >= 11 is 3.11. The lowest BCUT2D eigenvalue weighted by molar-refractivity contribution is -0.150. The molecule has 0 radical (unpaired) electrons. The molecular formula is C14H17BrFNO3. The van der Waals surface area contributed by atoms with E-state index < -0.39 is 28.6 Å². The van der Waals surface area contributed by atoms with Crippen molar-refractivity contribution in [2.45, 2.75) is 33.2 Å². The number of aliphatic carboxylic acids is 1. The highest BCUT2D eigenvalue weighted by atomic mass is 79.9. The van der Waals surface area contributed by atoms with Gasteiger partial charge >= 0.3 is 5.97 Å². The Hall–Kier alpha value is -1.43. The highest BCUT2D eigenvalue weighted by Gasteiger charge is 2.44. The molecule has 0 spiro atoms. The van der Waals surface area contributed by atoms with Gasteiger partial charge in [-0.1, -0.05) is 15.9 Å². The fraction of sp³-hybridized carbons (Fsp3) is 0.429. The Labute approximate surface area is 125 Å². The molecule has 0 saturated heterocycles. The molecule has 4 nitrogen and oxygen atoms in total. The maximum absolute atomic E-state index is 13.3. The summed E-state index contributed by atoms with van der Waals surface area (Å²) < 4.78 is 13.7. The molecule has 0 aliphatic rings. The van der Waals surface area contributed by atoms with Gasteiger partial charge in [-0.25, -0.2) is 4.39 Å². The van der Waals surface area contributed by atoms with Gasteiger partial charge in [-0.05, 0) is 45.9 Å². The standard InChI is InChI=1S/C14H17BrFNO3/c1-13(2,12(19)20)14(3,4)17-11(18)8-5-9(15)7-10(16)6-8/h5-7H,1-4H3,(H,17,18)(H,19,20). The third-order valence-electron chi connectivity index (χ3n) is 3.65. The second-order valence-corrected chi connectivity index (χ2v) is 6.58. The zero-order valence-corrected chi connectivity index (χ0v) is 13.3. The Morgan fingerprint density at radius 3 is 2.20 bits per heavy atom. The summed E-state index contributed by atoms with van der Waals surface area (Å²) in [6, 6.07) is 3.81. The first-order valence-electron chi connectivity index (χ1n) is 5.99. The molecule has 1 aromatic carbocycles. The molecule has 6 heteroatoms. The van der Waals surface area contributed by atoms with Crippen molar-refractivity contribution in [1.82, 2.24) is 5.32 Å². The van der Waals surface area contributed by atoms with Crippen LogP contribution in [-0.2, 0) is 4.79 Å². The molecule has 0 aromatic heterocycles. The highest BCUT2D eigenvalue weighted by Crippen LogP contribution is 2.31. The van der Waals surface area contributed by atoms with E-state index in [9.17, 15) is 19.1 Å². The van der Waals surface area contributed by atoms with Crippen LogP contribution in [0.3, 0.4) is 0 Å². The molecule has 20 heavy (non-hydrogen) atoms. The van der Waals surface area contributed by atoms with Crippen LogP contribution in [0.2, 0.25) is 0 Å². The fourth-order valence-corrected chi connectivity index (χ4v) is 1.93. The summed E-state index contributed by atoms with van der Waals surface area (Å²) in [6.45, 7) is 6.29. The fourth-order valence-electron chi connectivity index (χ4n) is 1.46. The molecular weight excluding hydrogens is 329 g/mol. The molecule has 0 atom stereocenters. The smallest absolute Gasteiger partial charge is 0.311 e. The number of hydrogen-bond acceptors (Lipinski definition) is 2. The predicted octanol–water partition coefficient (Wildman–Crippen LogP) is 3.21. The van der Waals surface area contributed by atoms with Crippen molar-refractivity contribution in [2.75, 3.05) is 0 Å². The molecule has 1 amide bonds. The number of carboxylic acids is 1. The van der Waals surface area contributed by atoms with Crippen LogP contribution < -0.4 is 5.32 Å². The first-order chi connectivity index (χ1) is 8.97. The van der Waals surface area contributed by atoms with Gasteiger partial charge in [0, 0.05) is 10.0 Å². The highest BCUT2D eigenvalue weighted by molar-refractivity contribution is 9.10. The number of benzene rings is 1. The minimum atomic E-state index is -1.17. The van der Waals surface area contributed by atoms with Crippen molar-refractivity contribution >= 4 is 27.8 Å². The number of amides is 1. The van der Waals surface area contributed by atoms with E-state index in [1.54, 1.807) is 13.8 Å². The first kappa shape index (κ1) is 16.6. The summed E-state index contributed by atoms with van der Waals surface area (Å²) in [5, 5.41) is 11.9. The van der Waals surface area contributed by atoms with Crippen LogP contribution in [0.5, 0.6) is 0 Å². The quantitative estimate of drug-likeness (QED) is 0.880. The second kappa shape index (κ2) is 5.52. The Bertz CT molecular complexity index is 535. The third kappa shape index (κ3) is 3.36. The van der Waals surface area contributed by atoms with Crippen LogP contribution in [0.1, 0.15) is 38.1 Å². The zero-order valence-electron chi connectivity index (χ0n) is 11.8. The minimum Gasteiger partial charge on any atom is -0.481 e. The number of nitrogens with one attached hydrogen (secondary N) is 1. The van der Waals surface area contributed by atoms with Crippen molar-refractivity contribution in [3.8, 4) is 0 Å². The monoisotopic (exact) mass is 345 g/mol. The van der Waals surface area contributed by atoms with Crippen molar-refractivity contribution in [2.24, 2.45) is 5.41 Å². The molecule has 110 valence electrons. The van der Waals surface area contributed by atoms with Gasteiger partial charge in [0.25, 0.3) is 5.91 Å². The van der Waals surface area contributed by atoms with E-state index in [2.05, 4.69) is 21.2 Å². The van der Waals surface area contributed by atoms with E-state index in [0.29, 0.717) is 4.47 Å². The molecule has 2 N–H and O–H groups in total. The predicted molar refractivity (Wildman–Crippen MR) is 77.1 cm³/mol. The van der Waals surface area contributed by atoms with Gasteiger partial charge < -0.3 is 10.4 Å². The van der Waals surface area contributed by atoms with Crippen LogP contribution in [0, 0.1) is 11.2 Å². The van der Waals surface area contributed by atoms with Crippen molar-refractivity contribution < 1.29 is 19.1 Å². The minimum absolute atomic E-state index is 0.131. The lowest BCUT2D eigenvalue weighted by Gasteiger charge is -2.38. The second-order valence-electron chi connectivity index (χ2n) is 5.67. The maximum Gasteiger partial charge on any atom is 0.311 e. The number of carboxylic acid groups (broad SMARTS) is 1.